The first-order chi connectivity index (χ1) is 12.6. The second-order valence-corrected chi connectivity index (χ2v) is 4.99. The van der Waals surface area contributed by atoms with Gasteiger partial charge < -0.3 is 24.6 Å². The maximum atomic E-state index is 5.68. The molecular weight excluding hydrogens is 583 g/mol. The molecule has 0 N–H and O–H groups in total. The standard InChI is InChI=1S/C18H19N2O4.BrH.Pt/c1-5-21-15-11-19(3)17(23-15)13-8-7-9-14(10-13)18-20(4)12-16(24-18)22-6-2;;/h7-9,11-12H,3-6H2,1-2H3;1H;/q-1;;+2/p-1/b17-13+;;. The molecule has 0 radical (unpaired) electrons. The van der Waals surface area contributed by atoms with Crippen LogP contribution >= 0.6 is 13.3 Å². The van der Waals surface area contributed by atoms with Crippen molar-refractivity contribution in [2.75, 3.05) is 13.2 Å². The quantitative estimate of drug-likeness (QED) is 0.228. The van der Waals surface area contributed by atoms with Gasteiger partial charge in [0.05, 0.1) is 0 Å². The van der Waals surface area contributed by atoms with Crippen molar-refractivity contribution in [1.82, 2.24) is 0 Å². The van der Waals surface area contributed by atoms with Gasteiger partial charge in [-0.15, -0.1) is 5.57 Å². The van der Waals surface area contributed by atoms with Crippen LogP contribution in [0, 0.1) is 32.0 Å². The number of esters is 1. The van der Waals surface area contributed by atoms with E-state index in [1.54, 1.807) is 21.6 Å². The van der Waals surface area contributed by atoms with Crippen LogP contribution in [0.4, 0.5) is 0 Å². The van der Waals surface area contributed by atoms with Crippen molar-refractivity contribution in [3.8, 4) is 5.95 Å². The molecule has 3 rings (SSSR count). The number of nitrogens with zero attached hydrogens (tertiary/aromatic N) is 2. The molecule has 0 saturated carbocycles. The topological polar surface area (TPSA) is 50.0 Å². The van der Waals surface area contributed by atoms with Crippen molar-refractivity contribution in [3.05, 3.63) is 61.5 Å². The molecule has 1 aliphatic heterocycles. The van der Waals surface area contributed by atoms with Crippen molar-refractivity contribution in [2.45, 2.75) is 13.8 Å². The fourth-order valence-corrected chi connectivity index (χ4v) is 2.29. The molecule has 1 aromatic heterocycles. The van der Waals surface area contributed by atoms with Crippen LogP contribution in [0.2, 0.25) is 0 Å². The zero-order valence-electron chi connectivity index (χ0n) is 14.4. The molecule has 1 aliphatic carbocycles. The number of oxazole rings is 1. The van der Waals surface area contributed by atoms with E-state index in [4.69, 9.17) is 18.3 Å². The monoisotopic (exact) mass is 601 g/mol. The SMILES string of the molecule is C=[N+]1[CH-]C(OCC)=[O+][C-]1C1=[C-]/C(=c2/[o+]c(OCC)[cH-][n+]2=C)[CH-]C=C1.[Br][Pt+]. The Kier molecular flexibility index (Phi) is 7.66. The van der Waals surface area contributed by atoms with Gasteiger partial charge in [-0.1, -0.05) is 6.72 Å². The second-order valence-electron chi connectivity index (χ2n) is 4.99. The fraction of sp³-hybridized carbons (Fsp3) is 0.222. The van der Waals surface area contributed by atoms with Gasteiger partial charge in [0.1, 0.15) is 6.54 Å². The maximum absolute atomic E-state index is 5.68. The third-order valence-corrected chi connectivity index (χ3v) is 3.27. The van der Waals surface area contributed by atoms with E-state index < -0.39 is 0 Å². The molecule has 1 aromatic rings. The van der Waals surface area contributed by atoms with E-state index in [2.05, 4.69) is 32.8 Å². The number of rotatable bonds is 4. The van der Waals surface area contributed by atoms with Gasteiger partial charge in [0, 0.05) is 6.72 Å². The van der Waals surface area contributed by atoms with Gasteiger partial charge in [0.25, 0.3) is 6.23 Å². The first kappa shape index (κ1) is 20.5. The second kappa shape index (κ2) is 9.74. The van der Waals surface area contributed by atoms with Crippen LogP contribution in [-0.4, -0.2) is 30.5 Å². The molecule has 0 amide bonds. The molecule has 2 aliphatic rings. The van der Waals surface area contributed by atoms with Crippen molar-refractivity contribution >= 4 is 31.6 Å². The molecule has 2 heterocycles. The van der Waals surface area contributed by atoms with E-state index >= 15 is 0 Å². The number of allylic oxidation sites excluding steroid dienone is 2. The van der Waals surface area contributed by atoms with E-state index in [0.717, 1.165) is 11.1 Å². The zero-order chi connectivity index (χ0) is 19.1. The summed E-state index contributed by atoms with van der Waals surface area (Å²) in [5, 5.41) is 0. The number of carbonyl (C=O) groups excluding carboxylic acids is 1. The van der Waals surface area contributed by atoms with E-state index in [1.165, 1.54) is 0 Å². The summed E-state index contributed by atoms with van der Waals surface area (Å²) in [5.74, 6) is 0.815. The van der Waals surface area contributed by atoms with Crippen LogP contribution < -0.4 is 14.5 Å². The summed E-state index contributed by atoms with van der Waals surface area (Å²) in [5.41, 5.74) is 1.98. The Labute approximate surface area is 170 Å². The van der Waals surface area contributed by atoms with Gasteiger partial charge in [0.15, 0.2) is 13.2 Å². The Hall–Kier alpha value is -1.85. The minimum atomic E-state index is 0.408. The van der Waals surface area contributed by atoms with Gasteiger partial charge >= 0.3 is 48.5 Å². The Morgan fingerprint density at radius 3 is 2.73 bits per heavy atom. The average Bonchev–Trinajstić information content (AvgIpc) is 3.20. The summed E-state index contributed by atoms with van der Waals surface area (Å²) in [6.45, 7) is 14.3. The van der Waals surface area contributed by atoms with Crippen LogP contribution in [0.25, 0.3) is 5.57 Å². The first-order valence-corrected chi connectivity index (χ1v) is 12.7. The van der Waals surface area contributed by atoms with E-state index in [-0.39, 0.29) is 0 Å². The number of hydrogen-bond acceptors (Lipinski definition) is 2. The molecule has 6 nitrogen and oxygen atoms in total. The van der Waals surface area contributed by atoms with Crippen LogP contribution in [0.1, 0.15) is 13.8 Å². The van der Waals surface area contributed by atoms with Gasteiger partial charge in [-0.2, -0.15) is 5.57 Å². The van der Waals surface area contributed by atoms with Crippen LogP contribution in [-0.2, 0) is 26.9 Å². The van der Waals surface area contributed by atoms with Crippen LogP contribution in [0.3, 0.4) is 0 Å². The number of aromatic nitrogens is 1. The summed E-state index contributed by atoms with van der Waals surface area (Å²) in [6.07, 6.45) is 11.1. The Morgan fingerprint density at radius 1 is 1.31 bits per heavy atom. The molecule has 0 atom stereocenters. The van der Waals surface area contributed by atoms with Gasteiger partial charge in [0.2, 0.25) is 6.20 Å². The summed E-state index contributed by atoms with van der Waals surface area (Å²) >= 11 is 4.86. The normalized spacial score (nSPS) is 17.6. The molecule has 0 aromatic carbocycles. The third kappa shape index (κ3) is 4.65. The molecule has 26 heavy (non-hydrogen) atoms. The van der Waals surface area contributed by atoms with Gasteiger partial charge in [-0.25, -0.2) is 0 Å². The Bertz CT molecular complexity index is 857. The fourth-order valence-electron chi connectivity index (χ4n) is 2.29. The summed E-state index contributed by atoms with van der Waals surface area (Å²) < 4.78 is 25.3. The molecule has 0 bridgehead atoms. The Balaban J connectivity index is 0.00000117. The van der Waals surface area contributed by atoms with Crippen LogP contribution in [0.15, 0.2) is 28.3 Å². The average molecular weight is 602 g/mol. The number of hydrogen-bond donors (Lipinski definition) is 0. The van der Waals surface area contributed by atoms with E-state index in [0.29, 0.717) is 36.9 Å². The Morgan fingerprint density at radius 2 is 2.04 bits per heavy atom. The van der Waals surface area contributed by atoms with Gasteiger partial charge in [-0.05, 0) is 13.8 Å². The van der Waals surface area contributed by atoms with Crippen molar-refractivity contribution in [2.24, 2.45) is 0 Å². The zero-order valence-corrected chi connectivity index (χ0v) is 18.3. The molecule has 0 unspecified atom stereocenters. The summed E-state index contributed by atoms with van der Waals surface area (Å²) in [6, 6.07) is 0. The van der Waals surface area contributed by atoms with Crippen LogP contribution in [0.5, 0.6) is 5.95 Å². The van der Waals surface area contributed by atoms with Crippen molar-refractivity contribution < 1.29 is 44.9 Å². The predicted molar refractivity (Wildman–Crippen MR) is 94.5 cm³/mol. The van der Waals surface area contributed by atoms with Gasteiger partial charge in [-0.3, -0.25) is 27.2 Å². The first-order valence-electron chi connectivity index (χ1n) is 7.75. The molecule has 0 saturated heterocycles. The number of halogens is 1. The molecule has 0 spiro atoms. The molecular formula is C18H19BrN2O4Pt. The number of ether oxygens (including phenoxy) is 2. The van der Waals surface area contributed by atoms with E-state index in [1.807, 2.05) is 50.2 Å². The van der Waals surface area contributed by atoms with Crippen molar-refractivity contribution in [3.63, 3.8) is 0 Å². The predicted octanol–water partition coefficient (Wildman–Crippen LogP) is 1.58. The third-order valence-electron chi connectivity index (χ3n) is 3.27. The summed E-state index contributed by atoms with van der Waals surface area (Å²) in [7, 11) is 0. The summed E-state index contributed by atoms with van der Waals surface area (Å²) in [4.78, 5) is 0. The minimum absolute atomic E-state index is 0.408. The molecule has 8 heteroatoms. The van der Waals surface area contributed by atoms with Crippen molar-refractivity contribution in [1.29, 1.82) is 0 Å². The molecule has 0 fully saturated rings. The molecule has 142 valence electrons. The van der Waals surface area contributed by atoms with E-state index in [9.17, 15) is 0 Å².